The monoisotopic (exact) mass is 285 g/mol. The largest absolute Gasteiger partial charge is 0.480 e. The van der Waals surface area contributed by atoms with Gasteiger partial charge in [0.15, 0.2) is 0 Å². The number of rotatable bonds is 9. The van der Waals surface area contributed by atoms with E-state index in [0.717, 1.165) is 12.8 Å². The molecule has 0 spiro atoms. The number of hydrogen-bond acceptors (Lipinski definition) is 3. The smallest absolute Gasteiger partial charge is 0.323 e. The van der Waals surface area contributed by atoms with Crippen LogP contribution < -0.4 is 10.6 Å². The maximum absolute atomic E-state index is 11.8. The molecule has 3 amide bonds. The van der Waals surface area contributed by atoms with Crippen molar-refractivity contribution in [2.24, 2.45) is 0 Å². The van der Waals surface area contributed by atoms with Crippen LogP contribution >= 0.6 is 0 Å². The Balaban J connectivity index is 2.15. The number of nitrogens with zero attached hydrogens (tertiary/aromatic N) is 1. The third-order valence-corrected chi connectivity index (χ3v) is 2.91. The average Bonchev–Trinajstić information content (AvgIpc) is 3.17. The lowest BCUT2D eigenvalue weighted by Gasteiger charge is -2.20. The highest BCUT2D eigenvalue weighted by molar-refractivity contribution is 5.80. The van der Waals surface area contributed by atoms with E-state index in [1.54, 1.807) is 0 Å². The van der Waals surface area contributed by atoms with Crippen LogP contribution in [0.3, 0.4) is 0 Å². The average molecular weight is 285 g/mol. The zero-order chi connectivity index (χ0) is 15.0. The number of urea groups is 1. The molecule has 1 fully saturated rings. The summed E-state index contributed by atoms with van der Waals surface area (Å²) in [6, 6.07) is -0.0374. The van der Waals surface area contributed by atoms with Gasteiger partial charge in [-0.15, -0.1) is 0 Å². The molecule has 3 N–H and O–H groups in total. The minimum atomic E-state index is -1.03. The molecule has 7 nitrogen and oxygen atoms in total. The molecule has 0 saturated heterocycles. The number of carbonyl (C=O) groups excluding carboxylic acids is 2. The molecule has 0 radical (unpaired) electrons. The molecular weight excluding hydrogens is 262 g/mol. The molecule has 114 valence electrons. The third-order valence-electron chi connectivity index (χ3n) is 2.91. The molecule has 1 saturated carbocycles. The van der Waals surface area contributed by atoms with Crippen molar-refractivity contribution in [1.29, 1.82) is 0 Å². The van der Waals surface area contributed by atoms with Crippen molar-refractivity contribution in [1.82, 2.24) is 15.5 Å². The molecule has 0 aromatic heterocycles. The summed E-state index contributed by atoms with van der Waals surface area (Å²) in [6.45, 7) is 2.35. The Morgan fingerprint density at radius 1 is 1.30 bits per heavy atom. The summed E-state index contributed by atoms with van der Waals surface area (Å²) in [7, 11) is 0. The SMILES string of the molecule is CCCN(CC(=O)O)C(=O)NCCCC(=O)NC1CC1. The fraction of sp³-hybridized carbons (Fsp3) is 0.769. The highest BCUT2D eigenvalue weighted by atomic mass is 16.4. The predicted octanol–water partition coefficient (Wildman–Crippen LogP) is 0.551. The van der Waals surface area contributed by atoms with Gasteiger partial charge in [0.05, 0.1) is 0 Å². The highest BCUT2D eigenvalue weighted by Gasteiger charge is 2.22. The van der Waals surface area contributed by atoms with Gasteiger partial charge < -0.3 is 20.6 Å². The van der Waals surface area contributed by atoms with Gasteiger partial charge in [-0.3, -0.25) is 9.59 Å². The molecule has 1 aliphatic carbocycles. The summed E-state index contributed by atoms with van der Waals surface area (Å²) in [5, 5.41) is 14.2. The third kappa shape index (κ3) is 6.96. The second-order valence-corrected chi connectivity index (χ2v) is 4.99. The van der Waals surface area contributed by atoms with E-state index in [2.05, 4.69) is 10.6 Å². The normalized spacial score (nSPS) is 13.7. The van der Waals surface area contributed by atoms with Crippen LogP contribution in [0.5, 0.6) is 0 Å². The number of carboxylic acids is 1. The number of carboxylic acid groups (broad SMARTS) is 1. The first-order valence-electron chi connectivity index (χ1n) is 7.06. The van der Waals surface area contributed by atoms with Gasteiger partial charge in [0.2, 0.25) is 5.91 Å². The van der Waals surface area contributed by atoms with Crippen molar-refractivity contribution in [2.75, 3.05) is 19.6 Å². The van der Waals surface area contributed by atoms with Crippen molar-refractivity contribution in [2.45, 2.75) is 45.1 Å². The van der Waals surface area contributed by atoms with Crippen LogP contribution in [-0.2, 0) is 9.59 Å². The molecule has 1 aliphatic rings. The van der Waals surface area contributed by atoms with E-state index in [1.165, 1.54) is 4.90 Å². The first kappa shape index (κ1) is 16.3. The summed E-state index contributed by atoms with van der Waals surface area (Å²) in [4.78, 5) is 35.1. The Morgan fingerprint density at radius 3 is 2.55 bits per heavy atom. The Kier molecular flexibility index (Phi) is 6.83. The fourth-order valence-electron chi connectivity index (χ4n) is 1.77. The van der Waals surface area contributed by atoms with E-state index in [1.807, 2.05) is 6.92 Å². The van der Waals surface area contributed by atoms with Gasteiger partial charge in [0.1, 0.15) is 6.54 Å². The first-order chi connectivity index (χ1) is 9.52. The summed E-state index contributed by atoms with van der Waals surface area (Å²) < 4.78 is 0. The Bertz CT molecular complexity index is 356. The molecule has 1 rings (SSSR count). The van der Waals surface area contributed by atoms with Gasteiger partial charge in [0, 0.05) is 25.6 Å². The van der Waals surface area contributed by atoms with Gasteiger partial charge in [0.25, 0.3) is 0 Å². The summed E-state index contributed by atoms with van der Waals surface area (Å²) in [5.41, 5.74) is 0. The van der Waals surface area contributed by atoms with E-state index in [-0.39, 0.29) is 12.5 Å². The minimum absolute atomic E-state index is 0.0118. The second-order valence-electron chi connectivity index (χ2n) is 4.99. The predicted molar refractivity (Wildman–Crippen MR) is 73.3 cm³/mol. The number of carbonyl (C=O) groups is 3. The first-order valence-corrected chi connectivity index (χ1v) is 7.06. The summed E-state index contributed by atoms with van der Waals surface area (Å²) >= 11 is 0. The van der Waals surface area contributed by atoms with Crippen LogP contribution in [0.1, 0.15) is 39.0 Å². The van der Waals surface area contributed by atoms with Gasteiger partial charge >= 0.3 is 12.0 Å². The van der Waals surface area contributed by atoms with E-state index in [4.69, 9.17) is 5.11 Å². The molecular formula is C13H23N3O4. The van der Waals surface area contributed by atoms with Crippen molar-refractivity contribution >= 4 is 17.9 Å². The van der Waals surface area contributed by atoms with Crippen LogP contribution in [-0.4, -0.2) is 53.6 Å². The van der Waals surface area contributed by atoms with E-state index in [9.17, 15) is 14.4 Å². The zero-order valence-electron chi connectivity index (χ0n) is 11.9. The lowest BCUT2D eigenvalue weighted by Crippen LogP contribution is -2.43. The lowest BCUT2D eigenvalue weighted by atomic mass is 10.3. The molecule has 7 heteroatoms. The molecule has 0 atom stereocenters. The number of aliphatic carboxylic acids is 1. The quantitative estimate of drug-likeness (QED) is 0.539. The Morgan fingerprint density at radius 2 is 2.00 bits per heavy atom. The van der Waals surface area contributed by atoms with E-state index < -0.39 is 12.0 Å². The topological polar surface area (TPSA) is 98.7 Å². The molecule has 0 bridgehead atoms. The van der Waals surface area contributed by atoms with Crippen LogP contribution in [0.2, 0.25) is 0 Å². The fourth-order valence-corrected chi connectivity index (χ4v) is 1.77. The number of nitrogens with one attached hydrogen (secondary N) is 2. The van der Waals surface area contributed by atoms with Crippen molar-refractivity contribution < 1.29 is 19.5 Å². The van der Waals surface area contributed by atoms with E-state index in [0.29, 0.717) is 38.4 Å². The molecule has 20 heavy (non-hydrogen) atoms. The maximum atomic E-state index is 11.8. The number of amides is 3. The zero-order valence-corrected chi connectivity index (χ0v) is 11.9. The Hall–Kier alpha value is -1.79. The molecule has 0 aliphatic heterocycles. The minimum Gasteiger partial charge on any atom is -0.480 e. The van der Waals surface area contributed by atoms with Crippen molar-refractivity contribution in [3.8, 4) is 0 Å². The summed E-state index contributed by atoms with van der Waals surface area (Å²) in [5.74, 6) is -1.02. The summed E-state index contributed by atoms with van der Waals surface area (Å²) in [6.07, 6.45) is 3.75. The molecule has 0 heterocycles. The number of hydrogen-bond donors (Lipinski definition) is 3. The van der Waals surface area contributed by atoms with Crippen LogP contribution in [0.25, 0.3) is 0 Å². The molecule has 0 aromatic carbocycles. The van der Waals surface area contributed by atoms with Gasteiger partial charge in [-0.05, 0) is 25.7 Å². The van der Waals surface area contributed by atoms with Crippen molar-refractivity contribution in [3.05, 3.63) is 0 Å². The lowest BCUT2D eigenvalue weighted by molar-refractivity contribution is -0.137. The standard InChI is InChI=1S/C13H23N3O4/c1-2-8-16(9-12(18)19)13(20)14-7-3-4-11(17)15-10-5-6-10/h10H,2-9H2,1H3,(H,14,20)(H,15,17)(H,18,19). The van der Waals surface area contributed by atoms with Gasteiger partial charge in [-0.25, -0.2) is 4.79 Å². The Labute approximate surface area is 118 Å². The second kappa shape index (κ2) is 8.39. The highest BCUT2D eigenvalue weighted by Crippen LogP contribution is 2.18. The molecule has 0 aromatic rings. The van der Waals surface area contributed by atoms with E-state index >= 15 is 0 Å². The molecule has 0 unspecified atom stereocenters. The van der Waals surface area contributed by atoms with Gasteiger partial charge in [-0.1, -0.05) is 6.92 Å². The van der Waals surface area contributed by atoms with Crippen LogP contribution in [0.15, 0.2) is 0 Å². The van der Waals surface area contributed by atoms with Crippen molar-refractivity contribution in [3.63, 3.8) is 0 Å². The van der Waals surface area contributed by atoms with Gasteiger partial charge in [-0.2, -0.15) is 0 Å². The van der Waals surface area contributed by atoms with Crippen LogP contribution in [0.4, 0.5) is 4.79 Å². The van der Waals surface area contributed by atoms with Crippen LogP contribution in [0, 0.1) is 0 Å². The maximum Gasteiger partial charge on any atom is 0.323 e.